The molecule has 1 aliphatic rings. The highest BCUT2D eigenvalue weighted by molar-refractivity contribution is 7.89. The van der Waals surface area contributed by atoms with Crippen molar-refractivity contribution in [1.82, 2.24) is 9.21 Å². The molecule has 2 aromatic carbocycles. The van der Waals surface area contributed by atoms with Crippen LogP contribution in [0.2, 0.25) is 0 Å². The number of amides is 2. The van der Waals surface area contributed by atoms with Crippen molar-refractivity contribution in [2.45, 2.75) is 31.6 Å². The van der Waals surface area contributed by atoms with E-state index in [2.05, 4.69) is 5.32 Å². The summed E-state index contributed by atoms with van der Waals surface area (Å²) in [7, 11) is -3.99. The Labute approximate surface area is 181 Å². The highest BCUT2D eigenvalue weighted by atomic mass is 32.2. The second-order valence-electron chi connectivity index (χ2n) is 7.27. The molecule has 3 rings (SSSR count). The lowest BCUT2D eigenvalue weighted by Gasteiger charge is -2.18. The predicted molar refractivity (Wildman–Crippen MR) is 116 cm³/mol. The Morgan fingerprint density at radius 3 is 2.16 bits per heavy atom. The van der Waals surface area contributed by atoms with Crippen molar-refractivity contribution >= 4 is 27.5 Å². The molecule has 0 aromatic heterocycles. The van der Waals surface area contributed by atoms with Gasteiger partial charge in [-0.25, -0.2) is 12.8 Å². The van der Waals surface area contributed by atoms with Crippen LogP contribution in [0.25, 0.3) is 0 Å². The Morgan fingerprint density at radius 2 is 1.58 bits per heavy atom. The van der Waals surface area contributed by atoms with Crippen molar-refractivity contribution < 1.29 is 22.4 Å². The molecule has 7 nitrogen and oxygen atoms in total. The van der Waals surface area contributed by atoms with E-state index in [4.69, 9.17) is 0 Å². The number of halogens is 1. The molecule has 0 aliphatic carbocycles. The number of anilines is 1. The fraction of sp³-hybridized carbons (Fsp3) is 0.364. The summed E-state index contributed by atoms with van der Waals surface area (Å²) in [6.07, 6.45) is 1.46. The highest BCUT2D eigenvalue weighted by Gasteiger charge is 2.30. The van der Waals surface area contributed by atoms with Crippen molar-refractivity contribution in [2.75, 3.05) is 31.5 Å². The number of nitrogens with zero attached hydrogens (tertiary/aromatic N) is 2. The molecule has 2 amide bonds. The van der Waals surface area contributed by atoms with E-state index in [1.54, 1.807) is 29.2 Å². The van der Waals surface area contributed by atoms with Gasteiger partial charge in [-0.15, -0.1) is 0 Å². The SMILES string of the molecule is CCN(CC)C(=O)c1ccc(NC(=O)c2ccc(F)c(S(=O)(=O)N3CCCC3)c2)cc1. The normalized spacial score (nSPS) is 14.4. The van der Waals surface area contributed by atoms with Gasteiger partial charge in [-0.3, -0.25) is 9.59 Å². The van der Waals surface area contributed by atoms with Crippen LogP contribution in [0, 0.1) is 5.82 Å². The minimum atomic E-state index is -3.99. The van der Waals surface area contributed by atoms with Crippen LogP contribution in [0.1, 0.15) is 47.4 Å². The van der Waals surface area contributed by atoms with Crippen LogP contribution in [-0.4, -0.2) is 55.6 Å². The number of sulfonamides is 1. The van der Waals surface area contributed by atoms with E-state index in [1.807, 2.05) is 13.8 Å². The maximum Gasteiger partial charge on any atom is 0.255 e. The number of rotatable bonds is 7. The van der Waals surface area contributed by atoms with E-state index in [9.17, 15) is 22.4 Å². The quantitative estimate of drug-likeness (QED) is 0.705. The largest absolute Gasteiger partial charge is 0.339 e. The van der Waals surface area contributed by atoms with Crippen molar-refractivity contribution in [3.63, 3.8) is 0 Å². The molecule has 31 heavy (non-hydrogen) atoms. The van der Waals surface area contributed by atoms with Crippen molar-refractivity contribution in [3.8, 4) is 0 Å². The van der Waals surface area contributed by atoms with E-state index >= 15 is 0 Å². The molecule has 9 heteroatoms. The van der Waals surface area contributed by atoms with Crippen LogP contribution in [0.5, 0.6) is 0 Å². The Hall–Kier alpha value is -2.78. The van der Waals surface area contributed by atoms with E-state index in [0.717, 1.165) is 25.0 Å². The topological polar surface area (TPSA) is 86.8 Å². The monoisotopic (exact) mass is 447 g/mol. The number of benzene rings is 2. The van der Waals surface area contributed by atoms with Gasteiger partial charge in [-0.2, -0.15) is 4.31 Å². The fourth-order valence-electron chi connectivity index (χ4n) is 3.50. The number of hydrogen-bond acceptors (Lipinski definition) is 4. The highest BCUT2D eigenvalue weighted by Crippen LogP contribution is 2.24. The molecule has 0 atom stereocenters. The second-order valence-corrected chi connectivity index (χ2v) is 9.17. The van der Waals surface area contributed by atoms with Crippen LogP contribution >= 0.6 is 0 Å². The van der Waals surface area contributed by atoms with E-state index in [-0.39, 0.29) is 11.5 Å². The van der Waals surface area contributed by atoms with Gasteiger partial charge in [0.1, 0.15) is 10.7 Å². The summed E-state index contributed by atoms with van der Waals surface area (Å²) in [6.45, 7) is 5.68. The van der Waals surface area contributed by atoms with Gasteiger partial charge in [0, 0.05) is 43.0 Å². The molecular weight excluding hydrogens is 421 g/mol. The zero-order valence-electron chi connectivity index (χ0n) is 17.6. The molecule has 1 fully saturated rings. The van der Waals surface area contributed by atoms with Crippen molar-refractivity contribution in [3.05, 3.63) is 59.4 Å². The first-order valence-corrected chi connectivity index (χ1v) is 11.7. The van der Waals surface area contributed by atoms with Gasteiger partial charge in [-0.1, -0.05) is 0 Å². The lowest BCUT2D eigenvalue weighted by atomic mass is 10.1. The molecule has 1 heterocycles. The van der Waals surface area contributed by atoms with Gasteiger partial charge < -0.3 is 10.2 Å². The summed E-state index contributed by atoms with van der Waals surface area (Å²) in [5, 5.41) is 2.65. The molecule has 0 saturated carbocycles. The lowest BCUT2D eigenvalue weighted by Crippen LogP contribution is -2.30. The summed E-state index contributed by atoms with van der Waals surface area (Å²) in [5.41, 5.74) is 0.972. The third-order valence-electron chi connectivity index (χ3n) is 5.32. The van der Waals surface area contributed by atoms with Crippen LogP contribution in [0.3, 0.4) is 0 Å². The van der Waals surface area contributed by atoms with Crippen LogP contribution < -0.4 is 5.32 Å². The molecule has 1 saturated heterocycles. The van der Waals surface area contributed by atoms with Gasteiger partial charge in [0.2, 0.25) is 10.0 Å². The predicted octanol–water partition coefficient (Wildman–Crippen LogP) is 3.34. The van der Waals surface area contributed by atoms with Crippen molar-refractivity contribution in [2.24, 2.45) is 0 Å². The molecule has 0 bridgehead atoms. The molecule has 1 aliphatic heterocycles. The Morgan fingerprint density at radius 1 is 1.00 bits per heavy atom. The molecule has 2 aromatic rings. The first kappa shape index (κ1) is 22.9. The first-order chi connectivity index (χ1) is 14.8. The van der Waals surface area contributed by atoms with Gasteiger partial charge in [-0.05, 0) is 69.2 Å². The number of carbonyl (C=O) groups excluding carboxylic acids is 2. The summed E-state index contributed by atoms with van der Waals surface area (Å²) >= 11 is 0. The minimum absolute atomic E-state index is 0.0301. The average Bonchev–Trinajstić information content (AvgIpc) is 3.31. The Balaban J connectivity index is 1.77. The maximum absolute atomic E-state index is 14.3. The number of nitrogens with one attached hydrogen (secondary N) is 1. The average molecular weight is 448 g/mol. The molecule has 0 unspecified atom stereocenters. The van der Waals surface area contributed by atoms with E-state index in [1.165, 1.54) is 10.4 Å². The van der Waals surface area contributed by atoms with Gasteiger partial charge in [0.15, 0.2) is 0 Å². The molecule has 0 radical (unpaired) electrons. The maximum atomic E-state index is 14.3. The second kappa shape index (κ2) is 9.57. The Kier molecular flexibility index (Phi) is 7.07. The smallest absolute Gasteiger partial charge is 0.255 e. The summed E-state index contributed by atoms with van der Waals surface area (Å²) in [5.74, 6) is -1.55. The van der Waals surface area contributed by atoms with Crippen LogP contribution in [0.15, 0.2) is 47.4 Å². The van der Waals surface area contributed by atoms with E-state index < -0.39 is 26.6 Å². The molecule has 166 valence electrons. The first-order valence-electron chi connectivity index (χ1n) is 10.3. The van der Waals surface area contributed by atoms with Gasteiger partial charge in [0.25, 0.3) is 11.8 Å². The molecular formula is C22H26FN3O4S. The Bertz CT molecular complexity index is 1060. The summed E-state index contributed by atoms with van der Waals surface area (Å²) in [6, 6.07) is 9.72. The fourth-order valence-corrected chi connectivity index (χ4v) is 5.11. The van der Waals surface area contributed by atoms with Crippen LogP contribution in [-0.2, 0) is 10.0 Å². The summed E-state index contributed by atoms with van der Waals surface area (Å²) in [4.78, 5) is 26.2. The zero-order valence-corrected chi connectivity index (χ0v) is 18.4. The summed E-state index contributed by atoms with van der Waals surface area (Å²) < 4.78 is 40.9. The van der Waals surface area contributed by atoms with Gasteiger partial charge >= 0.3 is 0 Å². The molecule has 1 N–H and O–H groups in total. The van der Waals surface area contributed by atoms with E-state index in [0.29, 0.717) is 37.4 Å². The standard InChI is InChI=1S/C22H26FN3O4S/c1-3-25(4-2)22(28)16-7-10-18(11-8-16)24-21(27)17-9-12-19(23)20(15-17)31(29,30)26-13-5-6-14-26/h7-12,15H,3-6,13-14H2,1-2H3,(H,24,27). The third-order valence-corrected chi connectivity index (χ3v) is 7.23. The minimum Gasteiger partial charge on any atom is -0.339 e. The number of carbonyl (C=O) groups is 2. The lowest BCUT2D eigenvalue weighted by molar-refractivity contribution is 0.0773. The van der Waals surface area contributed by atoms with Gasteiger partial charge in [0.05, 0.1) is 0 Å². The zero-order chi connectivity index (χ0) is 22.6. The van der Waals surface area contributed by atoms with Crippen molar-refractivity contribution in [1.29, 1.82) is 0 Å². The third kappa shape index (κ3) is 4.94. The number of hydrogen-bond donors (Lipinski definition) is 1. The van der Waals surface area contributed by atoms with Crippen LogP contribution in [0.4, 0.5) is 10.1 Å². The molecule has 0 spiro atoms.